The van der Waals surface area contributed by atoms with Gasteiger partial charge in [0.05, 0.1) is 32.5 Å². The van der Waals surface area contributed by atoms with Crippen LogP contribution in [0.25, 0.3) is 0 Å². The second-order valence-corrected chi connectivity index (χ2v) is 10.2. The molecule has 6 saturated heterocycles. The van der Waals surface area contributed by atoms with Crippen molar-refractivity contribution in [3.8, 4) is 0 Å². The van der Waals surface area contributed by atoms with Crippen molar-refractivity contribution in [2.75, 3.05) is 26.4 Å². The Morgan fingerprint density at radius 1 is 0.719 bits per heavy atom. The molecule has 0 aromatic heterocycles. The molecule has 0 amide bonds. The number of ether oxygens (including phenoxy) is 10. The van der Waals surface area contributed by atoms with Crippen LogP contribution in [0.1, 0.15) is 27.7 Å². The molecule has 0 spiro atoms. The summed E-state index contributed by atoms with van der Waals surface area (Å²) >= 11 is 0. The molecule has 11 nitrogen and oxygen atoms in total. The first kappa shape index (κ1) is 22.1. The molecule has 5 unspecified atom stereocenters. The van der Waals surface area contributed by atoms with Crippen LogP contribution in [0.4, 0.5) is 0 Å². The average Bonchev–Trinajstić information content (AvgIpc) is 3.46. The van der Waals surface area contributed by atoms with Crippen LogP contribution in [0, 0.1) is 0 Å². The van der Waals surface area contributed by atoms with Gasteiger partial charge >= 0.3 is 0 Å². The van der Waals surface area contributed by atoms with Crippen molar-refractivity contribution in [3.05, 3.63) is 0 Å². The molecule has 6 aliphatic rings. The van der Waals surface area contributed by atoms with Crippen molar-refractivity contribution in [1.29, 1.82) is 0 Å². The van der Waals surface area contributed by atoms with Gasteiger partial charge in [0, 0.05) is 0 Å². The first-order valence-corrected chi connectivity index (χ1v) is 11.4. The molecule has 6 rings (SSSR count). The Balaban J connectivity index is 1.05. The molecule has 0 radical (unpaired) electrons. The summed E-state index contributed by atoms with van der Waals surface area (Å²) in [6.07, 6.45) is -3.10. The molecule has 4 bridgehead atoms. The Hall–Kier alpha value is -0.440. The van der Waals surface area contributed by atoms with Crippen LogP contribution in [0.5, 0.6) is 0 Å². The minimum absolute atomic E-state index is 0.210. The summed E-state index contributed by atoms with van der Waals surface area (Å²) in [6.45, 7) is 8.95. The van der Waals surface area contributed by atoms with Gasteiger partial charge in [0.1, 0.15) is 48.8 Å². The van der Waals surface area contributed by atoms with Gasteiger partial charge in [-0.2, -0.15) is 0 Å². The molecule has 11 heteroatoms. The summed E-state index contributed by atoms with van der Waals surface area (Å²) in [6, 6.07) is -0.363. The first-order valence-electron chi connectivity index (χ1n) is 11.4. The maximum atomic E-state index is 6.35. The van der Waals surface area contributed by atoms with Crippen LogP contribution in [0.3, 0.4) is 0 Å². The van der Waals surface area contributed by atoms with E-state index in [1.807, 2.05) is 27.7 Å². The van der Waals surface area contributed by atoms with Gasteiger partial charge in [0.25, 0.3) is 0 Å². The van der Waals surface area contributed by atoms with Gasteiger partial charge in [-0.25, -0.2) is 0 Å². The van der Waals surface area contributed by atoms with Crippen molar-refractivity contribution in [2.24, 2.45) is 5.73 Å². The van der Waals surface area contributed by atoms with Crippen molar-refractivity contribution in [1.82, 2.24) is 0 Å². The highest BCUT2D eigenvalue weighted by atomic mass is 16.8. The molecule has 6 fully saturated rings. The lowest BCUT2D eigenvalue weighted by Crippen LogP contribution is -2.55. The fraction of sp³-hybridized carbons (Fsp3) is 1.00. The number of fused-ring (bicyclic) bond motifs is 8. The number of nitrogens with two attached hydrogens (primary N) is 1. The third kappa shape index (κ3) is 3.81. The lowest BCUT2D eigenvalue weighted by molar-refractivity contribution is -0.213. The van der Waals surface area contributed by atoms with Crippen LogP contribution < -0.4 is 5.73 Å². The lowest BCUT2D eigenvalue weighted by atomic mass is 10.0. The van der Waals surface area contributed by atoms with Gasteiger partial charge in [-0.05, 0) is 27.7 Å². The van der Waals surface area contributed by atoms with E-state index in [2.05, 4.69) is 0 Å². The quantitative estimate of drug-likeness (QED) is 0.561. The van der Waals surface area contributed by atoms with E-state index in [0.29, 0.717) is 13.2 Å². The van der Waals surface area contributed by atoms with Crippen LogP contribution in [0.2, 0.25) is 0 Å². The predicted octanol–water partition coefficient (Wildman–Crippen LogP) is -0.365. The molecule has 0 saturated carbocycles. The van der Waals surface area contributed by atoms with Crippen LogP contribution in [-0.2, 0) is 47.4 Å². The van der Waals surface area contributed by atoms with E-state index < -0.39 is 24.2 Å². The smallest absolute Gasteiger partial charge is 0.187 e. The van der Waals surface area contributed by atoms with E-state index in [0.717, 1.165) is 0 Å². The van der Waals surface area contributed by atoms with Crippen molar-refractivity contribution >= 4 is 0 Å². The minimum Gasteiger partial charge on any atom is -0.371 e. The summed E-state index contributed by atoms with van der Waals surface area (Å²) < 4.78 is 59.8. The van der Waals surface area contributed by atoms with Crippen molar-refractivity contribution in [2.45, 2.75) is 107 Å². The monoisotopic (exact) mass is 459 g/mol. The van der Waals surface area contributed by atoms with E-state index in [-0.39, 0.29) is 68.1 Å². The van der Waals surface area contributed by atoms with Crippen LogP contribution in [0.15, 0.2) is 0 Å². The van der Waals surface area contributed by atoms with Gasteiger partial charge in [-0.1, -0.05) is 0 Å². The number of hydrogen-bond donors (Lipinski definition) is 1. The molecule has 182 valence electrons. The first-order chi connectivity index (χ1) is 15.2. The zero-order valence-electron chi connectivity index (χ0n) is 18.8. The van der Waals surface area contributed by atoms with E-state index in [1.54, 1.807) is 0 Å². The normalized spacial score (nSPS) is 50.9. The number of hydrogen-bond acceptors (Lipinski definition) is 11. The fourth-order valence-corrected chi connectivity index (χ4v) is 5.48. The summed E-state index contributed by atoms with van der Waals surface area (Å²) in [4.78, 5) is 0. The molecular weight excluding hydrogens is 426 g/mol. The maximum absolute atomic E-state index is 6.35. The van der Waals surface area contributed by atoms with Crippen molar-refractivity contribution < 1.29 is 47.4 Å². The highest BCUT2D eigenvalue weighted by Crippen LogP contribution is 2.43. The molecule has 2 N–H and O–H groups in total. The summed E-state index contributed by atoms with van der Waals surface area (Å²) in [5.74, 6) is -1.43. The van der Waals surface area contributed by atoms with Crippen LogP contribution in [-0.4, -0.2) is 105 Å². The summed E-state index contributed by atoms with van der Waals surface area (Å²) in [5.41, 5.74) is 6.35. The number of rotatable bonds is 6. The average molecular weight is 459 g/mol. The maximum Gasteiger partial charge on any atom is 0.187 e. The van der Waals surface area contributed by atoms with Gasteiger partial charge in [-0.15, -0.1) is 0 Å². The molecular formula is C21H33NO10. The Labute approximate surface area is 186 Å². The topological polar surface area (TPSA) is 118 Å². The fourth-order valence-electron chi connectivity index (χ4n) is 5.48. The van der Waals surface area contributed by atoms with Gasteiger partial charge in [-0.3, -0.25) is 0 Å². The van der Waals surface area contributed by atoms with E-state index in [4.69, 9.17) is 53.1 Å². The molecule has 0 aromatic rings. The zero-order valence-corrected chi connectivity index (χ0v) is 18.8. The molecule has 11 atom stereocenters. The Morgan fingerprint density at radius 3 is 1.56 bits per heavy atom. The van der Waals surface area contributed by atoms with E-state index >= 15 is 0 Å². The minimum atomic E-state index is -0.713. The second-order valence-electron chi connectivity index (χ2n) is 10.2. The zero-order chi connectivity index (χ0) is 22.3. The van der Waals surface area contributed by atoms with Crippen LogP contribution >= 0.6 is 0 Å². The molecule has 6 heterocycles. The molecule has 6 aliphatic heterocycles. The molecule has 0 aromatic carbocycles. The third-order valence-corrected chi connectivity index (χ3v) is 6.72. The van der Waals surface area contributed by atoms with Gasteiger partial charge < -0.3 is 53.1 Å². The Morgan fingerprint density at radius 2 is 1.12 bits per heavy atom. The van der Waals surface area contributed by atoms with E-state index in [1.165, 1.54) is 0 Å². The predicted molar refractivity (Wildman–Crippen MR) is 104 cm³/mol. The summed E-state index contributed by atoms with van der Waals surface area (Å²) in [7, 11) is 0. The Bertz CT molecular complexity index is 663. The summed E-state index contributed by atoms with van der Waals surface area (Å²) in [5, 5.41) is 0. The highest BCUT2D eigenvalue weighted by Gasteiger charge is 2.60. The van der Waals surface area contributed by atoms with Gasteiger partial charge in [0.2, 0.25) is 0 Å². The largest absolute Gasteiger partial charge is 0.371 e. The highest BCUT2D eigenvalue weighted by molar-refractivity contribution is 5.01. The Kier molecular flexibility index (Phi) is 5.37. The second kappa shape index (κ2) is 7.79. The third-order valence-electron chi connectivity index (χ3n) is 6.72. The standard InChI is InChI=1S/C21H33NO10/c1-20(2)29-14-12(10-7-25-18(27-10)16(14)31-20)23-5-9(22)6-24-13-11-8-26-19(28-11)17-15(13)30-21(3,4)32-17/h9-19H,5-8,22H2,1-4H3/t9?,10?,11?,12?,13?,14-,15+,16-,17+,18+,19-. The molecule has 32 heavy (non-hydrogen) atoms. The van der Waals surface area contributed by atoms with Crippen molar-refractivity contribution in [3.63, 3.8) is 0 Å². The van der Waals surface area contributed by atoms with E-state index in [9.17, 15) is 0 Å². The SMILES string of the molecule is CC1(C)O[C@H]2[C@H]3OCC(O3)C(OCC(N)COC3C4CO[C@H](O4)[C@H]4OC(C)(C)O[C@@H]34)[C@H]2O1. The van der Waals surface area contributed by atoms with Gasteiger partial charge in [0.15, 0.2) is 24.2 Å². The lowest BCUT2D eigenvalue weighted by Gasteiger charge is -2.36. The molecule has 0 aliphatic carbocycles.